The van der Waals surface area contributed by atoms with Crippen molar-refractivity contribution in [2.75, 3.05) is 19.1 Å². The molecule has 1 aromatic heterocycles. The van der Waals surface area contributed by atoms with Crippen molar-refractivity contribution >= 4 is 22.6 Å². The Labute approximate surface area is 123 Å². The predicted octanol–water partition coefficient (Wildman–Crippen LogP) is 3.48. The van der Waals surface area contributed by atoms with Crippen LogP contribution in [-0.2, 0) is 11.2 Å². The molecule has 1 aliphatic rings. The Hall–Kier alpha value is -1.26. The van der Waals surface area contributed by atoms with E-state index in [0.29, 0.717) is 18.9 Å². The van der Waals surface area contributed by atoms with Crippen molar-refractivity contribution in [3.8, 4) is 5.75 Å². The SMILES string of the molecule is Cc1c(OCC2CCCO2)ccc2c(CCCl)noc12. The Morgan fingerprint density at radius 1 is 1.45 bits per heavy atom. The third kappa shape index (κ3) is 2.63. The summed E-state index contributed by atoms with van der Waals surface area (Å²) in [6, 6.07) is 3.97. The topological polar surface area (TPSA) is 44.5 Å². The predicted molar refractivity (Wildman–Crippen MR) is 77.6 cm³/mol. The molecule has 1 unspecified atom stereocenters. The fourth-order valence-corrected chi connectivity index (χ4v) is 2.73. The molecule has 1 aromatic carbocycles. The van der Waals surface area contributed by atoms with Crippen LogP contribution in [-0.4, -0.2) is 30.4 Å². The van der Waals surface area contributed by atoms with Crippen LogP contribution in [0.3, 0.4) is 0 Å². The summed E-state index contributed by atoms with van der Waals surface area (Å²) in [5.41, 5.74) is 2.67. The van der Waals surface area contributed by atoms with Crippen LogP contribution in [0.25, 0.3) is 11.0 Å². The zero-order valence-electron chi connectivity index (χ0n) is 11.5. The van der Waals surface area contributed by atoms with Crippen LogP contribution in [0.1, 0.15) is 24.1 Å². The summed E-state index contributed by atoms with van der Waals surface area (Å²) < 4.78 is 16.8. The van der Waals surface area contributed by atoms with Crippen LogP contribution in [0, 0.1) is 6.92 Å². The van der Waals surface area contributed by atoms with Crippen LogP contribution in [0.15, 0.2) is 16.7 Å². The highest BCUT2D eigenvalue weighted by atomic mass is 35.5. The van der Waals surface area contributed by atoms with Gasteiger partial charge in [-0.05, 0) is 31.9 Å². The fraction of sp³-hybridized carbons (Fsp3) is 0.533. The van der Waals surface area contributed by atoms with Crippen molar-refractivity contribution in [2.24, 2.45) is 0 Å². The molecule has 4 nitrogen and oxygen atoms in total. The zero-order chi connectivity index (χ0) is 13.9. The van der Waals surface area contributed by atoms with E-state index in [2.05, 4.69) is 5.16 Å². The molecule has 1 atom stereocenters. The minimum absolute atomic E-state index is 0.214. The molecule has 0 bridgehead atoms. The van der Waals surface area contributed by atoms with Gasteiger partial charge >= 0.3 is 0 Å². The molecule has 1 saturated heterocycles. The summed E-state index contributed by atoms with van der Waals surface area (Å²) in [4.78, 5) is 0. The second kappa shape index (κ2) is 6.02. The maximum absolute atomic E-state index is 5.86. The van der Waals surface area contributed by atoms with Gasteiger partial charge in [-0.25, -0.2) is 0 Å². The maximum Gasteiger partial charge on any atom is 0.173 e. The molecule has 1 aliphatic heterocycles. The number of hydrogen-bond acceptors (Lipinski definition) is 4. The molecule has 0 N–H and O–H groups in total. The normalized spacial score (nSPS) is 18.8. The van der Waals surface area contributed by atoms with Gasteiger partial charge in [-0.2, -0.15) is 0 Å². The molecular formula is C15H18ClNO3. The molecule has 5 heteroatoms. The first-order chi connectivity index (χ1) is 9.79. The van der Waals surface area contributed by atoms with E-state index in [1.165, 1.54) is 0 Å². The number of rotatable bonds is 5. The van der Waals surface area contributed by atoms with E-state index in [0.717, 1.165) is 47.4 Å². The monoisotopic (exact) mass is 295 g/mol. The van der Waals surface area contributed by atoms with E-state index >= 15 is 0 Å². The molecule has 0 aliphatic carbocycles. The number of fused-ring (bicyclic) bond motifs is 1. The van der Waals surface area contributed by atoms with Gasteiger partial charge in [-0.3, -0.25) is 0 Å². The second-order valence-corrected chi connectivity index (χ2v) is 5.46. The molecule has 0 spiro atoms. The highest BCUT2D eigenvalue weighted by Gasteiger charge is 2.18. The van der Waals surface area contributed by atoms with Crippen LogP contribution >= 0.6 is 11.6 Å². The number of ether oxygens (including phenoxy) is 2. The standard InChI is InChI=1S/C15H18ClNO3/c1-10-14(19-9-11-3-2-8-18-11)5-4-12-13(6-7-16)17-20-15(10)12/h4-5,11H,2-3,6-9H2,1H3. The maximum atomic E-state index is 5.86. The van der Waals surface area contributed by atoms with Gasteiger partial charge in [0.05, 0.1) is 11.8 Å². The highest BCUT2D eigenvalue weighted by Crippen LogP contribution is 2.30. The number of alkyl halides is 1. The van der Waals surface area contributed by atoms with E-state index in [9.17, 15) is 0 Å². The van der Waals surface area contributed by atoms with Gasteiger partial charge in [0, 0.05) is 29.9 Å². The minimum atomic E-state index is 0.214. The number of hydrogen-bond donors (Lipinski definition) is 0. The Balaban J connectivity index is 1.79. The summed E-state index contributed by atoms with van der Waals surface area (Å²) in [7, 11) is 0. The van der Waals surface area contributed by atoms with Crippen LogP contribution < -0.4 is 4.74 Å². The van der Waals surface area contributed by atoms with E-state index in [4.69, 9.17) is 25.6 Å². The summed E-state index contributed by atoms with van der Waals surface area (Å²) >= 11 is 5.77. The second-order valence-electron chi connectivity index (χ2n) is 5.08. The number of nitrogens with zero attached hydrogens (tertiary/aromatic N) is 1. The first-order valence-corrected chi connectivity index (χ1v) is 7.51. The van der Waals surface area contributed by atoms with Gasteiger partial charge < -0.3 is 14.0 Å². The van der Waals surface area contributed by atoms with Crippen molar-refractivity contribution in [3.63, 3.8) is 0 Å². The number of aryl methyl sites for hydroxylation is 2. The Morgan fingerprint density at radius 2 is 2.35 bits per heavy atom. The first-order valence-electron chi connectivity index (χ1n) is 6.98. The average Bonchev–Trinajstić information content (AvgIpc) is 3.09. The van der Waals surface area contributed by atoms with Crippen molar-refractivity contribution in [1.29, 1.82) is 0 Å². The first kappa shape index (κ1) is 13.7. The molecule has 0 saturated carbocycles. The highest BCUT2D eigenvalue weighted by molar-refractivity contribution is 6.18. The van der Waals surface area contributed by atoms with Gasteiger partial charge in [0.25, 0.3) is 0 Å². The lowest BCUT2D eigenvalue weighted by atomic mass is 10.1. The number of aromatic nitrogens is 1. The molecule has 0 amide bonds. The van der Waals surface area contributed by atoms with Crippen LogP contribution in [0.2, 0.25) is 0 Å². The lowest BCUT2D eigenvalue weighted by Gasteiger charge is -2.13. The molecule has 1 fully saturated rings. The molecule has 0 radical (unpaired) electrons. The largest absolute Gasteiger partial charge is 0.490 e. The fourth-order valence-electron chi connectivity index (χ4n) is 2.55. The van der Waals surface area contributed by atoms with E-state index in [1.807, 2.05) is 19.1 Å². The molecule has 108 valence electrons. The van der Waals surface area contributed by atoms with Crippen molar-refractivity contribution in [1.82, 2.24) is 5.16 Å². The van der Waals surface area contributed by atoms with Gasteiger partial charge in [-0.15, -0.1) is 11.6 Å². The van der Waals surface area contributed by atoms with Crippen molar-refractivity contribution < 1.29 is 14.0 Å². The average molecular weight is 296 g/mol. The van der Waals surface area contributed by atoms with Crippen LogP contribution in [0.5, 0.6) is 5.75 Å². The van der Waals surface area contributed by atoms with E-state index in [-0.39, 0.29) is 6.10 Å². The van der Waals surface area contributed by atoms with Gasteiger partial charge in [0.1, 0.15) is 12.4 Å². The van der Waals surface area contributed by atoms with Gasteiger partial charge in [0.15, 0.2) is 5.58 Å². The summed E-state index contributed by atoms with van der Waals surface area (Å²) in [5, 5.41) is 5.11. The minimum Gasteiger partial charge on any atom is -0.490 e. The molecule has 2 aromatic rings. The summed E-state index contributed by atoms with van der Waals surface area (Å²) in [5.74, 6) is 1.37. The van der Waals surface area contributed by atoms with Crippen molar-refractivity contribution in [2.45, 2.75) is 32.3 Å². The van der Waals surface area contributed by atoms with Gasteiger partial charge in [0.2, 0.25) is 0 Å². The summed E-state index contributed by atoms with van der Waals surface area (Å²) in [6.07, 6.45) is 3.12. The Bertz CT molecular complexity index is 590. The molecule has 3 rings (SSSR count). The Morgan fingerprint density at radius 3 is 3.10 bits per heavy atom. The number of benzene rings is 1. The smallest absolute Gasteiger partial charge is 0.173 e. The van der Waals surface area contributed by atoms with Gasteiger partial charge in [-0.1, -0.05) is 5.16 Å². The summed E-state index contributed by atoms with van der Waals surface area (Å²) in [6.45, 7) is 3.42. The molecule has 2 heterocycles. The Kier molecular flexibility index (Phi) is 4.13. The third-order valence-corrected chi connectivity index (χ3v) is 3.88. The number of halogens is 1. The zero-order valence-corrected chi connectivity index (χ0v) is 12.3. The molecule has 20 heavy (non-hydrogen) atoms. The van der Waals surface area contributed by atoms with E-state index in [1.54, 1.807) is 0 Å². The van der Waals surface area contributed by atoms with Crippen molar-refractivity contribution in [3.05, 3.63) is 23.4 Å². The van der Waals surface area contributed by atoms with E-state index < -0.39 is 0 Å². The lowest BCUT2D eigenvalue weighted by molar-refractivity contribution is 0.0677. The third-order valence-electron chi connectivity index (χ3n) is 3.69. The molecular weight excluding hydrogens is 278 g/mol. The lowest BCUT2D eigenvalue weighted by Crippen LogP contribution is -2.16. The quantitative estimate of drug-likeness (QED) is 0.792. The van der Waals surface area contributed by atoms with Crippen LogP contribution in [0.4, 0.5) is 0 Å².